The molecule has 4 rings (SSSR count). The third-order valence-electron chi connectivity index (χ3n) is 5.99. The van der Waals surface area contributed by atoms with Gasteiger partial charge < -0.3 is 4.90 Å². The number of carbonyl (C=O) groups excluding carboxylic acids is 1. The van der Waals surface area contributed by atoms with Crippen molar-refractivity contribution in [2.24, 2.45) is 17.3 Å². The molecule has 130 valence electrons. The first-order chi connectivity index (χ1) is 11.3. The highest BCUT2D eigenvalue weighted by atomic mass is 32.2. The summed E-state index contributed by atoms with van der Waals surface area (Å²) >= 11 is 0. The molecule has 0 N–H and O–H groups in total. The van der Waals surface area contributed by atoms with Gasteiger partial charge in [0.05, 0.1) is 12.3 Å². The second-order valence-electron chi connectivity index (χ2n) is 7.88. The topological polar surface area (TPSA) is 57.7 Å². The molecule has 1 aromatic rings. The van der Waals surface area contributed by atoms with Crippen LogP contribution in [0.5, 0.6) is 0 Å². The summed E-state index contributed by atoms with van der Waals surface area (Å²) in [7, 11) is -3.27. The summed E-state index contributed by atoms with van der Waals surface area (Å²) in [6, 6.07) is 9.68. The van der Waals surface area contributed by atoms with Gasteiger partial charge in [0.1, 0.15) is 0 Å². The Hall–Kier alpha value is -1.40. The maximum atomic E-state index is 12.7. The van der Waals surface area contributed by atoms with Gasteiger partial charge in [0, 0.05) is 31.0 Å². The standard InChI is InChI=1S/C18H24N2O3S/c1-18(8-9-18)17(21)19-10-14-11-20(24(2,22)23)16(15(14)12-19)13-6-4-3-5-7-13/h3-7,14-16H,8-12H2,1-2H3/t14-,15-,16+/m1/s1. The number of hydrogen-bond acceptors (Lipinski definition) is 3. The molecule has 1 aromatic carbocycles. The van der Waals surface area contributed by atoms with E-state index in [1.807, 2.05) is 42.2 Å². The van der Waals surface area contributed by atoms with Crippen molar-refractivity contribution in [3.63, 3.8) is 0 Å². The molecule has 5 nitrogen and oxygen atoms in total. The second kappa shape index (κ2) is 5.30. The number of rotatable bonds is 3. The Labute approximate surface area is 143 Å². The van der Waals surface area contributed by atoms with Gasteiger partial charge in [-0.05, 0) is 24.3 Å². The summed E-state index contributed by atoms with van der Waals surface area (Å²) in [5.41, 5.74) is 0.875. The fourth-order valence-corrected chi connectivity index (χ4v) is 5.51. The predicted molar refractivity (Wildman–Crippen MR) is 91.6 cm³/mol. The van der Waals surface area contributed by atoms with Gasteiger partial charge in [-0.2, -0.15) is 4.31 Å². The highest BCUT2D eigenvalue weighted by Crippen LogP contribution is 2.50. The lowest BCUT2D eigenvalue weighted by Gasteiger charge is -2.29. The van der Waals surface area contributed by atoms with Crippen molar-refractivity contribution in [1.82, 2.24) is 9.21 Å². The Morgan fingerprint density at radius 1 is 1.12 bits per heavy atom. The van der Waals surface area contributed by atoms with Crippen LogP contribution in [-0.2, 0) is 14.8 Å². The third-order valence-corrected chi connectivity index (χ3v) is 7.22. The molecule has 1 amide bonds. The summed E-state index contributed by atoms with van der Waals surface area (Å²) in [6.45, 7) is 3.92. The molecule has 1 aliphatic carbocycles. The molecule has 0 spiro atoms. The zero-order valence-corrected chi connectivity index (χ0v) is 15.0. The molecule has 6 heteroatoms. The molecule has 2 heterocycles. The summed E-state index contributed by atoms with van der Waals surface area (Å²) < 4.78 is 26.2. The molecule has 3 aliphatic rings. The molecule has 1 saturated carbocycles. The number of nitrogens with zero attached hydrogens (tertiary/aromatic N) is 2. The van der Waals surface area contributed by atoms with E-state index in [0.29, 0.717) is 19.6 Å². The first-order valence-corrected chi connectivity index (χ1v) is 10.5. The minimum atomic E-state index is -3.27. The van der Waals surface area contributed by atoms with Crippen molar-refractivity contribution in [2.45, 2.75) is 25.8 Å². The molecular weight excluding hydrogens is 324 g/mol. The summed E-state index contributed by atoms with van der Waals surface area (Å²) in [5.74, 6) is 0.680. The van der Waals surface area contributed by atoms with Crippen LogP contribution >= 0.6 is 0 Å². The fourth-order valence-electron chi connectivity index (χ4n) is 4.36. The number of hydrogen-bond donors (Lipinski definition) is 0. The molecule has 0 radical (unpaired) electrons. The lowest BCUT2D eigenvalue weighted by atomic mass is 9.90. The van der Waals surface area contributed by atoms with E-state index in [0.717, 1.165) is 18.4 Å². The molecule has 0 bridgehead atoms. The first kappa shape index (κ1) is 16.1. The number of benzene rings is 1. The van der Waals surface area contributed by atoms with Crippen molar-refractivity contribution in [3.05, 3.63) is 35.9 Å². The molecule has 3 fully saturated rings. The minimum absolute atomic E-state index is 0.155. The molecule has 0 aromatic heterocycles. The van der Waals surface area contributed by atoms with Gasteiger partial charge in [0.2, 0.25) is 15.9 Å². The zero-order chi connectivity index (χ0) is 17.1. The van der Waals surface area contributed by atoms with Crippen LogP contribution in [0.25, 0.3) is 0 Å². The van der Waals surface area contributed by atoms with Crippen molar-refractivity contribution >= 4 is 15.9 Å². The maximum absolute atomic E-state index is 12.7. The number of carbonyl (C=O) groups is 1. The van der Waals surface area contributed by atoms with E-state index in [9.17, 15) is 13.2 Å². The van der Waals surface area contributed by atoms with Crippen LogP contribution in [0.3, 0.4) is 0 Å². The number of sulfonamides is 1. The summed E-state index contributed by atoms with van der Waals surface area (Å²) in [5, 5.41) is 0. The Balaban J connectivity index is 1.63. The largest absolute Gasteiger partial charge is 0.342 e. The van der Waals surface area contributed by atoms with E-state index in [1.54, 1.807) is 4.31 Å². The van der Waals surface area contributed by atoms with Gasteiger partial charge in [-0.1, -0.05) is 37.3 Å². The Morgan fingerprint density at radius 3 is 2.38 bits per heavy atom. The van der Waals surface area contributed by atoms with Gasteiger partial charge >= 0.3 is 0 Å². The van der Waals surface area contributed by atoms with Crippen molar-refractivity contribution in [1.29, 1.82) is 0 Å². The van der Waals surface area contributed by atoms with Crippen LogP contribution in [0.4, 0.5) is 0 Å². The van der Waals surface area contributed by atoms with Gasteiger partial charge in [0.15, 0.2) is 0 Å². The van der Waals surface area contributed by atoms with Crippen LogP contribution < -0.4 is 0 Å². The molecule has 24 heavy (non-hydrogen) atoms. The highest BCUT2D eigenvalue weighted by Gasteiger charge is 2.54. The Kier molecular flexibility index (Phi) is 3.55. The third kappa shape index (κ3) is 2.56. The fraction of sp³-hybridized carbons (Fsp3) is 0.611. The van der Waals surface area contributed by atoms with Crippen molar-refractivity contribution in [2.75, 3.05) is 25.9 Å². The van der Waals surface area contributed by atoms with Gasteiger partial charge in [-0.15, -0.1) is 0 Å². The molecule has 2 saturated heterocycles. The van der Waals surface area contributed by atoms with Crippen molar-refractivity contribution in [3.8, 4) is 0 Å². The molecule has 2 aliphatic heterocycles. The molecule has 3 atom stereocenters. The quantitative estimate of drug-likeness (QED) is 0.838. The number of amides is 1. The smallest absolute Gasteiger partial charge is 0.228 e. The Morgan fingerprint density at radius 2 is 1.79 bits per heavy atom. The normalized spacial score (nSPS) is 31.9. The van der Waals surface area contributed by atoms with E-state index in [4.69, 9.17) is 0 Å². The van der Waals surface area contributed by atoms with Crippen LogP contribution in [0.1, 0.15) is 31.4 Å². The summed E-state index contributed by atoms with van der Waals surface area (Å²) in [4.78, 5) is 14.7. The predicted octanol–water partition coefficient (Wildman–Crippen LogP) is 1.88. The number of fused-ring (bicyclic) bond motifs is 1. The van der Waals surface area contributed by atoms with Gasteiger partial charge in [-0.25, -0.2) is 8.42 Å². The molecule has 0 unspecified atom stereocenters. The van der Waals surface area contributed by atoms with Crippen LogP contribution in [0, 0.1) is 17.3 Å². The van der Waals surface area contributed by atoms with E-state index >= 15 is 0 Å². The van der Waals surface area contributed by atoms with E-state index in [2.05, 4.69) is 0 Å². The van der Waals surface area contributed by atoms with Gasteiger partial charge in [-0.3, -0.25) is 4.79 Å². The summed E-state index contributed by atoms with van der Waals surface area (Å²) in [6.07, 6.45) is 3.25. The monoisotopic (exact) mass is 348 g/mol. The lowest BCUT2D eigenvalue weighted by Crippen LogP contribution is -2.39. The minimum Gasteiger partial charge on any atom is -0.342 e. The van der Waals surface area contributed by atoms with Crippen LogP contribution in [0.2, 0.25) is 0 Å². The van der Waals surface area contributed by atoms with E-state index in [-0.39, 0.29) is 29.2 Å². The zero-order valence-electron chi connectivity index (χ0n) is 14.2. The van der Waals surface area contributed by atoms with E-state index < -0.39 is 10.0 Å². The number of likely N-dealkylation sites (tertiary alicyclic amines) is 1. The molecular formula is C18H24N2O3S. The maximum Gasteiger partial charge on any atom is 0.228 e. The Bertz CT molecular complexity index is 758. The first-order valence-electron chi connectivity index (χ1n) is 8.61. The van der Waals surface area contributed by atoms with Crippen LogP contribution in [0.15, 0.2) is 30.3 Å². The van der Waals surface area contributed by atoms with Gasteiger partial charge in [0.25, 0.3) is 0 Å². The average Bonchev–Trinajstić information content (AvgIpc) is 3.00. The second-order valence-corrected chi connectivity index (χ2v) is 9.82. The van der Waals surface area contributed by atoms with Crippen LogP contribution in [-0.4, -0.2) is 49.4 Å². The highest BCUT2D eigenvalue weighted by molar-refractivity contribution is 7.88. The van der Waals surface area contributed by atoms with Crippen molar-refractivity contribution < 1.29 is 13.2 Å². The SMILES string of the molecule is CC1(C(=O)N2C[C@@H]3CN(S(C)(=O)=O)[C@@H](c4ccccc4)[C@@H]3C2)CC1. The average molecular weight is 348 g/mol. The lowest BCUT2D eigenvalue weighted by molar-refractivity contribution is -0.135. The van der Waals surface area contributed by atoms with E-state index in [1.165, 1.54) is 6.26 Å².